The molecule has 0 aromatic heterocycles. The summed E-state index contributed by atoms with van der Waals surface area (Å²) in [5.74, 6) is -2.77. The molecule has 1 aromatic carbocycles. The standard InChI is InChI=1S/C7H4F2O3/c8-4-1-2-5(7(10)11)6(3-4)12-9/h1-3H,(H,10,11). The molecule has 12 heavy (non-hydrogen) atoms. The number of rotatable bonds is 2. The summed E-state index contributed by atoms with van der Waals surface area (Å²) in [5, 5.41) is 8.42. The summed E-state index contributed by atoms with van der Waals surface area (Å²) in [6.45, 7) is 0. The van der Waals surface area contributed by atoms with Gasteiger partial charge in [0.15, 0.2) is 5.75 Å². The second-order valence-electron chi connectivity index (χ2n) is 2.02. The molecule has 0 bridgehead atoms. The number of aromatic carboxylic acids is 1. The molecule has 0 aliphatic rings. The quantitative estimate of drug-likeness (QED) is 0.743. The highest BCUT2D eigenvalue weighted by Crippen LogP contribution is 2.19. The van der Waals surface area contributed by atoms with E-state index in [1.54, 1.807) is 0 Å². The number of hydrogen-bond acceptors (Lipinski definition) is 2. The molecule has 0 saturated carbocycles. The Labute approximate surface area is 66.1 Å². The van der Waals surface area contributed by atoms with Gasteiger partial charge in [-0.05, 0) is 12.1 Å². The van der Waals surface area contributed by atoms with Crippen LogP contribution in [0.3, 0.4) is 0 Å². The molecular formula is C7H4F2O3. The van der Waals surface area contributed by atoms with Crippen LogP contribution in [-0.2, 0) is 0 Å². The fourth-order valence-corrected chi connectivity index (χ4v) is 0.737. The lowest BCUT2D eigenvalue weighted by molar-refractivity contribution is -0.00815. The monoisotopic (exact) mass is 174 g/mol. The highest BCUT2D eigenvalue weighted by Gasteiger charge is 2.12. The van der Waals surface area contributed by atoms with E-state index in [-0.39, 0.29) is 0 Å². The number of carbonyl (C=O) groups is 1. The molecule has 0 heterocycles. The maximum Gasteiger partial charge on any atom is 0.339 e. The van der Waals surface area contributed by atoms with Crippen molar-refractivity contribution in [3.63, 3.8) is 0 Å². The van der Waals surface area contributed by atoms with Gasteiger partial charge in [-0.25, -0.2) is 9.18 Å². The first-order valence-corrected chi connectivity index (χ1v) is 2.96. The molecular weight excluding hydrogens is 170 g/mol. The van der Waals surface area contributed by atoms with Crippen LogP contribution < -0.4 is 4.94 Å². The van der Waals surface area contributed by atoms with Crippen LogP contribution in [0.1, 0.15) is 10.4 Å². The van der Waals surface area contributed by atoms with Crippen LogP contribution in [0.25, 0.3) is 0 Å². The Morgan fingerprint density at radius 3 is 2.67 bits per heavy atom. The second kappa shape index (κ2) is 3.17. The molecule has 1 N–H and O–H groups in total. The molecule has 0 aliphatic carbocycles. The summed E-state index contributed by atoms with van der Waals surface area (Å²) in [5.41, 5.74) is -0.418. The van der Waals surface area contributed by atoms with Crippen molar-refractivity contribution in [2.45, 2.75) is 0 Å². The second-order valence-corrected chi connectivity index (χ2v) is 2.02. The van der Waals surface area contributed by atoms with Crippen LogP contribution in [0.5, 0.6) is 5.75 Å². The highest BCUT2D eigenvalue weighted by molar-refractivity contribution is 5.90. The van der Waals surface area contributed by atoms with E-state index < -0.39 is 23.1 Å². The average molecular weight is 174 g/mol. The van der Waals surface area contributed by atoms with Crippen LogP contribution in [0.4, 0.5) is 8.92 Å². The smallest absolute Gasteiger partial charge is 0.339 e. The molecule has 0 saturated heterocycles. The lowest BCUT2D eigenvalue weighted by atomic mass is 10.2. The minimum atomic E-state index is -1.37. The van der Waals surface area contributed by atoms with Gasteiger partial charge < -0.3 is 5.11 Å². The minimum Gasteiger partial charge on any atom is -0.478 e. The fourth-order valence-electron chi connectivity index (χ4n) is 0.737. The van der Waals surface area contributed by atoms with E-state index in [2.05, 4.69) is 4.94 Å². The topological polar surface area (TPSA) is 46.5 Å². The normalized spacial score (nSPS) is 9.50. The van der Waals surface area contributed by atoms with Gasteiger partial charge in [0, 0.05) is 10.6 Å². The van der Waals surface area contributed by atoms with Gasteiger partial charge in [-0.1, -0.05) is 0 Å². The number of carboxylic acids is 1. The SMILES string of the molecule is O=C(O)c1ccc(F)cc1OF. The van der Waals surface area contributed by atoms with Crippen molar-refractivity contribution in [1.82, 2.24) is 0 Å². The maximum absolute atomic E-state index is 12.4. The van der Waals surface area contributed by atoms with Crippen LogP contribution in [0.2, 0.25) is 0 Å². The first kappa shape index (κ1) is 8.45. The molecule has 0 amide bonds. The average Bonchev–Trinajstić information content (AvgIpc) is 2.03. The number of benzene rings is 1. The van der Waals surface area contributed by atoms with Gasteiger partial charge in [-0.15, -0.1) is 0 Å². The van der Waals surface area contributed by atoms with E-state index in [0.717, 1.165) is 12.1 Å². The van der Waals surface area contributed by atoms with Gasteiger partial charge in [-0.3, -0.25) is 4.94 Å². The van der Waals surface area contributed by atoms with Crippen LogP contribution in [-0.4, -0.2) is 11.1 Å². The van der Waals surface area contributed by atoms with E-state index in [1.165, 1.54) is 0 Å². The molecule has 0 fully saturated rings. The molecule has 1 rings (SSSR count). The molecule has 0 unspecified atom stereocenters. The summed E-state index contributed by atoms with van der Waals surface area (Å²) in [7, 11) is 0. The fraction of sp³-hybridized carbons (Fsp3) is 0. The van der Waals surface area contributed by atoms with E-state index in [1.807, 2.05) is 0 Å². The van der Waals surface area contributed by atoms with Gasteiger partial charge in [-0.2, -0.15) is 0 Å². The summed E-state index contributed by atoms with van der Waals surface area (Å²) in [6.07, 6.45) is 0. The molecule has 0 aliphatic heterocycles. The van der Waals surface area contributed by atoms with Crippen LogP contribution in [0.15, 0.2) is 18.2 Å². The molecule has 1 aromatic rings. The lowest BCUT2D eigenvalue weighted by Crippen LogP contribution is -1.98. The van der Waals surface area contributed by atoms with Gasteiger partial charge in [0.25, 0.3) is 0 Å². The summed E-state index contributed by atoms with van der Waals surface area (Å²) in [6, 6.07) is 2.49. The van der Waals surface area contributed by atoms with Crippen molar-refractivity contribution in [2.75, 3.05) is 0 Å². The van der Waals surface area contributed by atoms with Gasteiger partial charge in [0.05, 0.1) is 0 Å². The molecule has 0 atom stereocenters. The Bertz CT molecular complexity index is 312. The zero-order valence-electron chi connectivity index (χ0n) is 5.75. The Kier molecular flexibility index (Phi) is 2.23. The minimum absolute atomic E-state index is 0.418. The first-order valence-electron chi connectivity index (χ1n) is 2.96. The Balaban J connectivity index is 3.20. The third-order valence-electron chi connectivity index (χ3n) is 1.26. The van der Waals surface area contributed by atoms with E-state index >= 15 is 0 Å². The van der Waals surface area contributed by atoms with E-state index in [4.69, 9.17) is 5.11 Å². The summed E-state index contributed by atoms with van der Waals surface area (Å²) in [4.78, 5) is 13.5. The van der Waals surface area contributed by atoms with Crippen molar-refractivity contribution in [2.24, 2.45) is 0 Å². The predicted octanol–water partition coefficient (Wildman–Crippen LogP) is 1.79. The molecule has 64 valence electrons. The first-order chi connectivity index (χ1) is 5.65. The van der Waals surface area contributed by atoms with Gasteiger partial charge >= 0.3 is 5.97 Å². The van der Waals surface area contributed by atoms with Crippen LogP contribution in [0, 0.1) is 5.82 Å². The van der Waals surface area contributed by atoms with Crippen molar-refractivity contribution in [1.29, 1.82) is 0 Å². The zero-order chi connectivity index (χ0) is 9.14. The van der Waals surface area contributed by atoms with Gasteiger partial charge in [0.2, 0.25) is 0 Å². The largest absolute Gasteiger partial charge is 0.478 e. The van der Waals surface area contributed by atoms with Crippen LogP contribution >= 0.6 is 0 Å². The Morgan fingerprint density at radius 1 is 1.50 bits per heavy atom. The summed E-state index contributed by atoms with van der Waals surface area (Å²) < 4.78 is 24.0. The van der Waals surface area contributed by atoms with Gasteiger partial charge in [0.1, 0.15) is 11.4 Å². The summed E-state index contributed by atoms with van der Waals surface area (Å²) >= 11 is 0. The number of halogens is 2. The molecule has 0 spiro atoms. The van der Waals surface area contributed by atoms with Crippen molar-refractivity contribution in [3.8, 4) is 5.75 Å². The number of carboxylic acid groups (broad SMARTS) is 1. The van der Waals surface area contributed by atoms with Crippen molar-refractivity contribution < 1.29 is 23.8 Å². The number of hydrogen-bond donors (Lipinski definition) is 1. The third kappa shape index (κ3) is 1.50. The zero-order valence-corrected chi connectivity index (χ0v) is 5.75. The predicted molar refractivity (Wildman–Crippen MR) is 35.1 cm³/mol. The van der Waals surface area contributed by atoms with E-state index in [0.29, 0.717) is 6.07 Å². The maximum atomic E-state index is 12.4. The van der Waals surface area contributed by atoms with Crippen molar-refractivity contribution >= 4 is 5.97 Å². The lowest BCUT2D eigenvalue weighted by Gasteiger charge is -1.98. The molecule has 3 nitrogen and oxygen atoms in total. The molecule has 5 heteroatoms. The molecule has 0 radical (unpaired) electrons. The Morgan fingerprint density at radius 2 is 2.17 bits per heavy atom. The third-order valence-corrected chi connectivity index (χ3v) is 1.26. The Hall–Kier alpha value is -1.65. The van der Waals surface area contributed by atoms with Crippen molar-refractivity contribution in [3.05, 3.63) is 29.6 Å². The van der Waals surface area contributed by atoms with E-state index in [9.17, 15) is 13.7 Å². The highest BCUT2D eigenvalue weighted by atomic mass is 19.3.